The number of allylic oxidation sites excluding steroid dienone is 1. The summed E-state index contributed by atoms with van der Waals surface area (Å²) in [6.07, 6.45) is 2.00. The van der Waals surface area contributed by atoms with E-state index in [1.807, 2.05) is 30.3 Å². The van der Waals surface area contributed by atoms with Gasteiger partial charge in [-0.05, 0) is 69.2 Å². The maximum absolute atomic E-state index is 7.33. The summed E-state index contributed by atoms with van der Waals surface area (Å²) in [6, 6.07) is 12.1. The van der Waals surface area contributed by atoms with Crippen LogP contribution in [0.3, 0.4) is 0 Å². The Morgan fingerprint density at radius 1 is 0.403 bits per heavy atom. The molecule has 0 N–H and O–H groups in total. The zero-order valence-electron chi connectivity index (χ0n) is 42.2. The fraction of sp³-hybridized carbons (Fsp3) is 0.608. The number of rotatable bonds is 24. The van der Waals surface area contributed by atoms with Crippen molar-refractivity contribution in [3.05, 3.63) is 65.7 Å². The Kier molecular flexibility index (Phi) is 18.7. The predicted octanol–water partition coefficient (Wildman–Crippen LogP) is 14.2. The molecule has 3 aromatic carbocycles. The van der Waals surface area contributed by atoms with Crippen LogP contribution in [0.5, 0.6) is 51.7 Å². The Balaban J connectivity index is 2.62. The highest BCUT2D eigenvalue weighted by Gasteiger charge is 2.49. The summed E-state index contributed by atoms with van der Waals surface area (Å²) in [5, 5.41) is 0. The van der Waals surface area contributed by atoms with E-state index in [4.69, 9.17) is 42.0 Å². The van der Waals surface area contributed by atoms with E-state index in [2.05, 4.69) is 116 Å². The summed E-state index contributed by atoms with van der Waals surface area (Å²) < 4.78 is 58.0. The van der Waals surface area contributed by atoms with Gasteiger partial charge in [0.1, 0.15) is 28.7 Å². The van der Waals surface area contributed by atoms with Crippen molar-refractivity contribution < 1.29 is 42.0 Å². The molecule has 0 unspecified atom stereocenters. The normalized spacial score (nSPS) is 13.8. The van der Waals surface area contributed by atoms with Gasteiger partial charge in [-0.25, -0.2) is 0 Å². The summed E-state index contributed by atoms with van der Waals surface area (Å²) in [6.45, 7) is 36.2. The minimum atomic E-state index is -2.40. The van der Waals surface area contributed by atoms with Crippen LogP contribution in [-0.4, -0.2) is 66.4 Å². The van der Waals surface area contributed by atoms with Crippen molar-refractivity contribution in [2.75, 3.05) is 49.8 Å². The van der Waals surface area contributed by atoms with Crippen molar-refractivity contribution in [1.29, 1.82) is 0 Å². The average Bonchev–Trinajstić information content (AvgIpc) is 3.23. The lowest BCUT2D eigenvalue weighted by molar-refractivity contribution is 0.307. The molecule has 0 saturated heterocycles. The van der Waals surface area contributed by atoms with Gasteiger partial charge in [-0.3, -0.25) is 0 Å². The number of benzene rings is 3. The van der Waals surface area contributed by atoms with Crippen LogP contribution in [0.4, 0.5) is 0 Å². The zero-order chi connectivity index (χ0) is 47.0. The standard InChI is InChI=1S/C51H82O9Si2/c1-23-36(14)49(41-24-38(52-16)25-48(57-21)51(41)58-22)37(15)50(39-26-44(55-19)46(28-42(39)53-17)59-61(30(2)3,31(4)5)32(6)7)40-27-45(56-20)47(29-43(40)54-18)60-62(33(8)9,34(10)11)35(12)13/h23-37,49-50H,1H2,2-22H3/t36-,37+,49-/m0/s1. The SMILES string of the molecule is C=C[C@H](C)[C@H](c1cc(OC)cc(OC)c1OC)[C@@H](C)C(c1cc(OC)c(O[Si](C(C)C)(C(C)C)C(C)C)cc1OC)c1cc(OC)c(O[Si](C(C)C)(C(C)C)C(C)C)cc1OC. The number of hydrogen-bond acceptors (Lipinski definition) is 9. The van der Waals surface area contributed by atoms with Gasteiger partial charge in [-0.1, -0.05) is 103 Å². The summed E-state index contributed by atoms with van der Waals surface area (Å²) in [4.78, 5) is 0. The molecule has 3 aromatic rings. The predicted molar refractivity (Wildman–Crippen MR) is 262 cm³/mol. The summed E-state index contributed by atoms with van der Waals surface area (Å²) in [5.74, 6) is 5.04. The third kappa shape index (κ3) is 10.0. The van der Waals surface area contributed by atoms with Gasteiger partial charge < -0.3 is 42.0 Å². The Morgan fingerprint density at radius 2 is 0.774 bits per heavy atom. The molecule has 0 radical (unpaired) electrons. The maximum atomic E-state index is 7.33. The van der Waals surface area contributed by atoms with Crippen molar-refractivity contribution in [3.63, 3.8) is 0 Å². The van der Waals surface area contributed by atoms with Crippen LogP contribution < -0.4 is 42.0 Å². The second-order valence-electron chi connectivity index (χ2n) is 18.7. The fourth-order valence-electron chi connectivity index (χ4n) is 11.0. The molecular formula is C51H82O9Si2. The second kappa shape index (κ2) is 22.1. The largest absolute Gasteiger partial charge is 0.540 e. The van der Waals surface area contributed by atoms with E-state index in [-0.39, 0.29) is 23.7 Å². The molecule has 3 rings (SSSR count). The second-order valence-corrected chi connectivity index (χ2v) is 29.5. The molecule has 0 aliphatic heterocycles. The van der Waals surface area contributed by atoms with E-state index in [0.717, 1.165) is 16.7 Å². The van der Waals surface area contributed by atoms with Gasteiger partial charge in [0.15, 0.2) is 23.0 Å². The summed E-state index contributed by atoms with van der Waals surface area (Å²) in [7, 11) is 7.03. The van der Waals surface area contributed by atoms with Gasteiger partial charge in [0.25, 0.3) is 16.6 Å². The first kappa shape index (κ1) is 52.4. The van der Waals surface area contributed by atoms with Crippen molar-refractivity contribution in [2.24, 2.45) is 11.8 Å². The summed E-state index contributed by atoms with van der Waals surface area (Å²) >= 11 is 0. The smallest absolute Gasteiger partial charge is 0.258 e. The zero-order valence-corrected chi connectivity index (χ0v) is 44.2. The highest BCUT2D eigenvalue weighted by molar-refractivity contribution is 6.78. The first-order valence-electron chi connectivity index (χ1n) is 22.5. The molecule has 11 heteroatoms. The third-order valence-electron chi connectivity index (χ3n) is 13.8. The Bertz CT molecular complexity index is 1780. The van der Waals surface area contributed by atoms with Gasteiger partial charge >= 0.3 is 0 Å². The molecule has 0 aromatic heterocycles. The van der Waals surface area contributed by atoms with E-state index in [1.165, 1.54) is 0 Å². The average molecular weight is 895 g/mol. The molecule has 62 heavy (non-hydrogen) atoms. The van der Waals surface area contributed by atoms with Gasteiger partial charge in [0.2, 0.25) is 0 Å². The highest BCUT2D eigenvalue weighted by atomic mass is 28.4. The lowest BCUT2D eigenvalue weighted by Gasteiger charge is -2.43. The van der Waals surface area contributed by atoms with Crippen molar-refractivity contribution in [2.45, 2.75) is 142 Å². The van der Waals surface area contributed by atoms with Crippen LogP contribution in [0.1, 0.15) is 125 Å². The van der Waals surface area contributed by atoms with E-state index >= 15 is 0 Å². The molecule has 0 amide bonds. The lowest BCUT2D eigenvalue weighted by Crippen LogP contribution is -2.50. The molecule has 3 atom stereocenters. The first-order chi connectivity index (χ1) is 29.2. The minimum absolute atomic E-state index is 0.0475. The molecule has 0 saturated carbocycles. The monoisotopic (exact) mass is 895 g/mol. The molecule has 9 nitrogen and oxygen atoms in total. The van der Waals surface area contributed by atoms with Crippen LogP contribution in [0.15, 0.2) is 49.1 Å². The Morgan fingerprint density at radius 3 is 1.06 bits per heavy atom. The molecule has 0 spiro atoms. The topological polar surface area (TPSA) is 83.1 Å². The van der Waals surface area contributed by atoms with Crippen LogP contribution in [0.2, 0.25) is 33.2 Å². The van der Waals surface area contributed by atoms with E-state index in [0.29, 0.717) is 85.0 Å². The molecule has 0 bridgehead atoms. The molecule has 0 aliphatic carbocycles. The highest BCUT2D eigenvalue weighted by Crippen LogP contribution is 2.56. The maximum Gasteiger partial charge on any atom is 0.258 e. The van der Waals surface area contributed by atoms with Crippen LogP contribution in [0, 0.1) is 11.8 Å². The van der Waals surface area contributed by atoms with Crippen LogP contribution in [-0.2, 0) is 0 Å². The number of methoxy groups -OCH3 is 7. The molecule has 0 fully saturated rings. The van der Waals surface area contributed by atoms with Gasteiger partial charge in [0.05, 0.1) is 49.8 Å². The minimum Gasteiger partial charge on any atom is -0.540 e. The first-order valence-corrected chi connectivity index (χ1v) is 26.8. The van der Waals surface area contributed by atoms with Crippen molar-refractivity contribution >= 4 is 16.6 Å². The number of ether oxygens (including phenoxy) is 7. The van der Waals surface area contributed by atoms with E-state index < -0.39 is 16.6 Å². The van der Waals surface area contributed by atoms with Crippen LogP contribution >= 0.6 is 0 Å². The van der Waals surface area contributed by atoms with E-state index in [9.17, 15) is 0 Å². The van der Waals surface area contributed by atoms with Gasteiger partial charge in [-0.2, -0.15) is 0 Å². The van der Waals surface area contributed by atoms with Crippen molar-refractivity contribution in [3.8, 4) is 51.7 Å². The van der Waals surface area contributed by atoms with Gasteiger partial charge in [0, 0.05) is 40.8 Å². The van der Waals surface area contributed by atoms with Crippen LogP contribution in [0.25, 0.3) is 0 Å². The lowest BCUT2D eigenvalue weighted by atomic mass is 9.68. The Labute approximate surface area is 378 Å². The van der Waals surface area contributed by atoms with E-state index in [1.54, 1.807) is 49.8 Å². The fourth-order valence-corrected chi connectivity index (χ4v) is 21.5. The Hall–Kier alpha value is -3.97. The van der Waals surface area contributed by atoms with Gasteiger partial charge in [-0.15, -0.1) is 6.58 Å². The quantitative estimate of drug-likeness (QED) is 0.0645. The third-order valence-corrected chi connectivity index (χ3v) is 25.8. The van der Waals surface area contributed by atoms with Crippen molar-refractivity contribution in [1.82, 2.24) is 0 Å². The number of hydrogen-bond donors (Lipinski definition) is 0. The molecular weight excluding hydrogens is 813 g/mol. The molecule has 348 valence electrons. The molecule has 0 heterocycles. The summed E-state index contributed by atoms with van der Waals surface area (Å²) in [5.41, 5.74) is 4.82. The molecule has 0 aliphatic rings.